The predicted molar refractivity (Wildman–Crippen MR) is 111 cm³/mol. The Labute approximate surface area is 175 Å². The van der Waals surface area contributed by atoms with Crippen LogP contribution in [0.3, 0.4) is 0 Å². The molecule has 4 rings (SSSR count). The van der Waals surface area contributed by atoms with Crippen molar-refractivity contribution in [3.63, 3.8) is 0 Å². The molecule has 0 saturated heterocycles. The van der Waals surface area contributed by atoms with Crippen molar-refractivity contribution in [1.82, 2.24) is 5.32 Å². The van der Waals surface area contributed by atoms with Crippen LogP contribution in [0.2, 0.25) is 0 Å². The normalized spacial score (nSPS) is 17.2. The Morgan fingerprint density at radius 2 is 1.97 bits per heavy atom. The fourth-order valence-electron chi connectivity index (χ4n) is 3.57. The van der Waals surface area contributed by atoms with Gasteiger partial charge in [0.05, 0.1) is 12.0 Å². The summed E-state index contributed by atoms with van der Waals surface area (Å²) in [6, 6.07) is 11.1. The van der Waals surface area contributed by atoms with Gasteiger partial charge in [-0.25, -0.2) is 0 Å². The number of aliphatic hydroxyl groups excluding tert-OH is 1. The van der Waals surface area contributed by atoms with E-state index in [0.717, 1.165) is 30.0 Å². The second kappa shape index (κ2) is 8.53. The Morgan fingerprint density at radius 3 is 2.83 bits per heavy atom. The fraction of sp³-hybridized carbons (Fsp3) is 0.435. The summed E-state index contributed by atoms with van der Waals surface area (Å²) >= 11 is 0. The minimum Gasteiger partial charge on any atom is -0.491 e. The minimum absolute atomic E-state index is 0.0690. The average molecular weight is 413 g/mol. The largest absolute Gasteiger partial charge is 0.491 e. The molecule has 0 aliphatic carbocycles. The van der Waals surface area contributed by atoms with Crippen molar-refractivity contribution in [2.75, 3.05) is 26.5 Å². The number of hydrogen-bond acceptors (Lipinski definition) is 7. The monoisotopic (exact) mass is 413 g/mol. The Bertz CT molecular complexity index is 926. The molecule has 160 valence electrons. The van der Waals surface area contributed by atoms with Crippen LogP contribution in [0.25, 0.3) is 0 Å². The molecule has 7 nitrogen and oxygen atoms in total. The number of fused-ring (bicyclic) bond motifs is 2. The lowest BCUT2D eigenvalue weighted by molar-refractivity contribution is 0.0615. The molecule has 0 unspecified atom stereocenters. The molecule has 0 amide bonds. The highest BCUT2D eigenvalue weighted by Crippen LogP contribution is 2.35. The van der Waals surface area contributed by atoms with Gasteiger partial charge in [0, 0.05) is 12.6 Å². The van der Waals surface area contributed by atoms with Crippen LogP contribution in [0.5, 0.6) is 23.0 Å². The molecular weight excluding hydrogens is 386 g/mol. The second-order valence-electron chi connectivity index (χ2n) is 8.23. The standard InChI is InChI=1S/C23H27NO6/c1-23(2)11-19(26)18-5-4-17(10-21(18)30-23)27-13-16(25)12-24-8-7-15-3-6-20-22(9-15)29-14-28-20/h3-6,9-10,16,24-25H,7-8,11-14H2,1-2H3/t16-/m1/s1. The third-order valence-corrected chi connectivity index (χ3v) is 5.08. The van der Waals surface area contributed by atoms with E-state index in [4.69, 9.17) is 18.9 Å². The number of carbonyl (C=O) groups excluding carboxylic acids is 1. The molecule has 2 aliphatic rings. The summed E-state index contributed by atoms with van der Waals surface area (Å²) in [5.74, 6) is 2.73. The van der Waals surface area contributed by atoms with E-state index in [9.17, 15) is 9.90 Å². The van der Waals surface area contributed by atoms with Gasteiger partial charge in [0.15, 0.2) is 17.3 Å². The van der Waals surface area contributed by atoms with E-state index >= 15 is 0 Å². The molecule has 30 heavy (non-hydrogen) atoms. The number of benzene rings is 2. The van der Waals surface area contributed by atoms with Crippen LogP contribution in [0, 0.1) is 0 Å². The Morgan fingerprint density at radius 1 is 1.13 bits per heavy atom. The first-order valence-electron chi connectivity index (χ1n) is 10.2. The number of carbonyl (C=O) groups is 1. The fourth-order valence-corrected chi connectivity index (χ4v) is 3.57. The van der Waals surface area contributed by atoms with Crippen molar-refractivity contribution in [2.24, 2.45) is 0 Å². The lowest BCUT2D eigenvalue weighted by atomic mass is 9.93. The quantitative estimate of drug-likeness (QED) is 0.644. The lowest BCUT2D eigenvalue weighted by Crippen LogP contribution is -2.36. The van der Waals surface area contributed by atoms with Gasteiger partial charge in [-0.1, -0.05) is 6.07 Å². The summed E-state index contributed by atoms with van der Waals surface area (Å²) in [5, 5.41) is 13.4. The number of aliphatic hydroxyl groups is 1. The van der Waals surface area contributed by atoms with Gasteiger partial charge in [-0.2, -0.15) is 0 Å². The topological polar surface area (TPSA) is 86.3 Å². The van der Waals surface area contributed by atoms with Crippen molar-refractivity contribution < 1.29 is 28.8 Å². The van der Waals surface area contributed by atoms with Gasteiger partial charge in [-0.15, -0.1) is 0 Å². The Balaban J connectivity index is 1.21. The highest BCUT2D eigenvalue weighted by atomic mass is 16.7. The molecule has 0 saturated carbocycles. The molecule has 0 fully saturated rings. The van der Waals surface area contributed by atoms with E-state index in [1.807, 2.05) is 32.0 Å². The number of rotatable bonds is 8. The summed E-state index contributed by atoms with van der Waals surface area (Å²) in [6.45, 7) is 5.33. The average Bonchev–Trinajstić information content (AvgIpc) is 3.16. The maximum Gasteiger partial charge on any atom is 0.231 e. The number of Topliss-reactive ketones (excluding diaryl/α,β-unsaturated/α-hetero) is 1. The van der Waals surface area contributed by atoms with Crippen LogP contribution >= 0.6 is 0 Å². The summed E-state index contributed by atoms with van der Waals surface area (Å²) in [4.78, 5) is 12.2. The van der Waals surface area contributed by atoms with E-state index in [0.29, 0.717) is 30.0 Å². The van der Waals surface area contributed by atoms with Crippen LogP contribution in [0.1, 0.15) is 36.2 Å². The lowest BCUT2D eigenvalue weighted by Gasteiger charge is -2.31. The highest BCUT2D eigenvalue weighted by molar-refractivity contribution is 6.00. The third kappa shape index (κ3) is 4.86. The first kappa shape index (κ1) is 20.5. The summed E-state index contributed by atoms with van der Waals surface area (Å²) < 4.78 is 22.3. The van der Waals surface area contributed by atoms with E-state index in [1.54, 1.807) is 18.2 Å². The zero-order valence-corrected chi connectivity index (χ0v) is 17.3. The number of ketones is 1. The molecule has 2 N–H and O–H groups in total. The summed E-state index contributed by atoms with van der Waals surface area (Å²) in [5.41, 5.74) is 1.20. The first-order valence-corrected chi connectivity index (χ1v) is 10.2. The van der Waals surface area contributed by atoms with Gasteiger partial charge < -0.3 is 29.4 Å². The molecule has 0 radical (unpaired) electrons. The molecule has 0 bridgehead atoms. The maximum absolute atomic E-state index is 12.2. The maximum atomic E-state index is 12.2. The molecule has 0 aromatic heterocycles. The third-order valence-electron chi connectivity index (χ3n) is 5.08. The van der Waals surface area contributed by atoms with E-state index in [1.165, 1.54) is 0 Å². The Hall–Kier alpha value is -2.77. The van der Waals surface area contributed by atoms with Crippen molar-refractivity contribution >= 4 is 5.78 Å². The Kier molecular flexibility index (Phi) is 5.83. The van der Waals surface area contributed by atoms with Crippen LogP contribution in [-0.2, 0) is 6.42 Å². The molecule has 2 heterocycles. The highest BCUT2D eigenvalue weighted by Gasteiger charge is 2.32. The van der Waals surface area contributed by atoms with Crippen LogP contribution < -0.4 is 24.3 Å². The summed E-state index contributed by atoms with van der Waals surface area (Å²) in [7, 11) is 0. The predicted octanol–water partition coefficient (Wildman–Crippen LogP) is 2.73. The minimum atomic E-state index is -0.656. The van der Waals surface area contributed by atoms with Crippen LogP contribution in [-0.4, -0.2) is 49.1 Å². The molecule has 1 atom stereocenters. The first-order chi connectivity index (χ1) is 14.4. The van der Waals surface area contributed by atoms with Gasteiger partial charge in [0.2, 0.25) is 6.79 Å². The van der Waals surface area contributed by atoms with Gasteiger partial charge in [-0.3, -0.25) is 4.79 Å². The van der Waals surface area contributed by atoms with E-state index in [2.05, 4.69) is 5.32 Å². The zero-order chi connectivity index (χ0) is 21.1. The molecule has 7 heteroatoms. The van der Waals surface area contributed by atoms with E-state index in [-0.39, 0.29) is 19.2 Å². The van der Waals surface area contributed by atoms with Crippen LogP contribution in [0.4, 0.5) is 0 Å². The smallest absolute Gasteiger partial charge is 0.231 e. The molecule has 0 spiro atoms. The molecule has 2 aromatic rings. The van der Waals surface area contributed by atoms with Crippen LogP contribution in [0.15, 0.2) is 36.4 Å². The number of ether oxygens (including phenoxy) is 4. The van der Waals surface area contributed by atoms with Crippen molar-refractivity contribution in [3.05, 3.63) is 47.5 Å². The number of hydrogen-bond donors (Lipinski definition) is 2. The van der Waals surface area contributed by atoms with Crippen molar-refractivity contribution in [3.8, 4) is 23.0 Å². The SMILES string of the molecule is CC1(C)CC(=O)c2ccc(OC[C@H](O)CNCCc3ccc4c(c3)OCO4)cc2O1. The number of nitrogens with one attached hydrogen (secondary N) is 1. The van der Waals surface area contributed by atoms with Crippen molar-refractivity contribution in [1.29, 1.82) is 0 Å². The van der Waals surface area contributed by atoms with Gasteiger partial charge >= 0.3 is 0 Å². The van der Waals surface area contributed by atoms with Gasteiger partial charge in [-0.05, 0) is 56.6 Å². The second-order valence-corrected chi connectivity index (χ2v) is 8.23. The summed E-state index contributed by atoms with van der Waals surface area (Å²) in [6.07, 6.45) is 0.518. The molecule has 2 aromatic carbocycles. The molecular formula is C23H27NO6. The zero-order valence-electron chi connectivity index (χ0n) is 17.3. The van der Waals surface area contributed by atoms with Crippen molar-refractivity contribution in [2.45, 2.75) is 38.4 Å². The molecule has 2 aliphatic heterocycles. The van der Waals surface area contributed by atoms with E-state index < -0.39 is 11.7 Å². The van der Waals surface area contributed by atoms with Gasteiger partial charge in [0.1, 0.15) is 29.8 Å². The van der Waals surface area contributed by atoms with Gasteiger partial charge in [0.25, 0.3) is 0 Å².